The lowest BCUT2D eigenvalue weighted by Crippen LogP contribution is -2.16. The van der Waals surface area contributed by atoms with Gasteiger partial charge in [-0.15, -0.1) is 0 Å². The topological polar surface area (TPSA) is 72.2 Å². The van der Waals surface area contributed by atoms with Gasteiger partial charge in [0, 0.05) is 10.9 Å². The standard InChI is InChI=1S/C11H9FN2O2S3/c12-10-2-1-8(5-9(10)11(13)17)19(15,16)14-7-3-4-18-6-7/h1-6,14H,(H2,13,17). The van der Waals surface area contributed by atoms with Gasteiger partial charge in [-0.1, -0.05) is 12.2 Å². The molecule has 0 spiro atoms. The van der Waals surface area contributed by atoms with Gasteiger partial charge < -0.3 is 5.73 Å². The number of nitrogens with one attached hydrogen (secondary N) is 1. The molecular formula is C11H9FN2O2S3. The predicted octanol–water partition coefficient (Wildman–Crippen LogP) is 2.32. The third kappa shape index (κ3) is 3.09. The van der Waals surface area contributed by atoms with E-state index in [9.17, 15) is 12.8 Å². The van der Waals surface area contributed by atoms with Gasteiger partial charge >= 0.3 is 0 Å². The van der Waals surface area contributed by atoms with E-state index in [4.69, 9.17) is 5.73 Å². The molecule has 2 aromatic rings. The molecule has 1 heterocycles. The Hall–Kier alpha value is -1.51. The molecule has 0 atom stereocenters. The quantitative estimate of drug-likeness (QED) is 0.849. The molecular weight excluding hydrogens is 307 g/mol. The van der Waals surface area contributed by atoms with Gasteiger partial charge in [-0.3, -0.25) is 4.72 Å². The van der Waals surface area contributed by atoms with Crippen LogP contribution in [0.1, 0.15) is 5.56 Å². The minimum Gasteiger partial charge on any atom is -0.389 e. The third-order valence-corrected chi connectivity index (χ3v) is 4.57. The summed E-state index contributed by atoms with van der Waals surface area (Å²) in [6, 6.07) is 4.93. The van der Waals surface area contributed by atoms with Crippen molar-refractivity contribution in [3.8, 4) is 0 Å². The van der Waals surface area contributed by atoms with Gasteiger partial charge in [0.2, 0.25) is 0 Å². The van der Waals surface area contributed by atoms with Gasteiger partial charge in [0.15, 0.2) is 0 Å². The Morgan fingerprint density at radius 1 is 1.37 bits per heavy atom. The largest absolute Gasteiger partial charge is 0.389 e. The van der Waals surface area contributed by atoms with Gasteiger partial charge in [-0.05, 0) is 29.6 Å². The van der Waals surface area contributed by atoms with Gasteiger partial charge in [-0.25, -0.2) is 12.8 Å². The molecule has 1 aromatic carbocycles. The summed E-state index contributed by atoms with van der Waals surface area (Å²) in [7, 11) is -3.78. The fourth-order valence-electron chi connectivity index (χ4n) is 1.40. The second-order valence-corrected chi connectivity index (χ2v) is 6.53. The van der Waals surface area contributed by atoms with E-state index < -0.39 is 15.8 Å². The number of rotatable bonds is 4. The van der Waals surface area contributed by atoms with Crippen molar-refractivity contribution in [2.45, 2.75) is 4.90 Å². The molecule has 100 valence electrons. The van der Waals surface area contributed by atoms with Crippen LogP contribution in [0.5, 0.6) is 0 Å². The number of nitrogens with two attached hydrogens (primary N) is 1. The highest BCUT2D eigenvalue weighted by atomic mass is 32.2. The molecule has 2 rings (SSSR count). The number of halogens is 1. The van der Waals surface area contributed by atoms with Crippen molar-refractivity contribution in [2.75, 3.05) is 4.72 Å². The summed E-state index contributed by atoms with van der Waals surface area (Å²) in [6.45, 7) is 0. The van der Waals surface area contributed by atoms with Gasteiger partial charge in [0.05, 0.1) is 10.6 Å². The predicted molar refractivity (Wildman–Crippen MR) is 77.4 cm³/mol. The average Bonchev–Trinajstić information content (AvgIpc) is 2.80. The van der Waals surface area contributed by atoms with Crippen LogP contribution in [0.15, 0.2) is 39.9 Å². The first-order valence-corrected chi connectivity index (χ1v) is 7.88. The van der Waals surface area contributed by atoms with E-state index in [2.05, 4.69) is 16.9 Å². The van der Waals surface area contributed by atoms with Crippen LogP contribution in [0.4, 0.5) is 10.1 Å². The van der Waals surface area contributed by atoms with Crippen molar-refractivity contribution >= 4 is 44.3 Å². The zero-order valence-corrected chi connectivity index (χ0v) is 11.9. The number of hydrogen-bond donors (Lipinski definition) is 2. The van der Waals surface area contributed by atoms with Crippen LogP contribution in [-0.4, -0.2) is 13.4 Å². The van der Waals surface area contributed by atoms with Crippen molar-refractivity contribution < 1.29 is 12.8 Å². The van der Waals surface area contributed by atoms with E-state index in [-0.39, 0.29) is 15.4 Å². The second kappa shape index (κ2) is 5.24. The number of sulfonamides is 1. The number of benzene rings is 1. The van der Waals surface area contributed by atoms with E-state index in [1.807, 2.05) is 0 Å². The van der Waals surface area contributed by atoms with Gasteiger partial charge in [0.25, 0.3) is 10.0 Å². The second-order valence-electron chi connectivity index (χ2n) is 3.62. The Labute approximate surface area is 119 Å². The molecule has 19 heavy (non-hydrogen) atoms. The van der Waals surface area contributed by atoms with Crippen molar-refractivity contribution in [2.24, 2.45) is 5.73 Å². The van der Waals surface area contributed by atoms with E-state index in [1.165, 1.54) is 11.3 Å². The summed E-state index contributed by atoms with van der Waals surface area (Å²) in [5.41, 5.74) is 5.70. The zero-order chi connectivity index (χ0) is 14.0. The smallest absolute Gasteiger partial charge is 0.261 e. The number of anilines is 1. The summed E-state index contributed by atoms with van der Waals surface area (Å²) >= 11 is 6.03. The number of thiocarbonyl (C=S) groups is 1. The first-order chi connectivity index (χ1) is 8.90. The van der Waals surface area contributed by atoms with Gasteiger partial charge in [-0.2, -0.15) is 11.3 Å². The van der Waals surface area contributed by atoms with Crippen LogP contribution in [0.3, 0.4) is 0 Å². The minimum atomic E-state index is -3.78. The first-order valence-electron chi connectivity index (χ1n) is 5.04. The Kier molecular flexibility index (Phi) is 3.83. The maximum Gasteiger partial charge on any atom is 0.261 e. The molecule has 0 aliphatic heterocycles. The maximum absolute atomic E-state index is 13.4. The summed E-state index contributed by atoms with van der Waals surface area (Å²) in [5.74, 6) is -0.651. The summed E-state index contributed by atoms with van der Waals surface area (Å²) < 4.78 is 39.9. The van der Waals surface area contributed by atoms with E-state index in [1.54, 1.807) is 16.8 Å². The molecule has 0 saturated carbocycles. The Morgan fingerprint density at radius 3 is 2.68 bits per heavy atom. The minimum absolute atomic E-state index is 0.0943. The average molecular weight is 316 g/mol. The van der Waals surface area contributed by atoms with Crippen molar-refractivity contribution in [3.63, 3.8) is 0 Å². The summed E-state index contributed by atoms with van der Waals surface area (Å²) in [6.07, 6.45) is 0. The number of thiophene rings is 1. The highest BCUT2D eigenvalue weighted by Gasteiger charge is 2.17. The van der Waals surface area contributed by atoms with Crippen molar-refractivity contribution in [3.05, 3.63) is 46.4 Å². The van der Waals surface area contributed by atoms with Crippen LogP contribution >= 0.6 is 23.6 Å². The molecule has 0 unspecified atom stereocenters. The lowest BCUT2D eigenvalue weighted by molar-refractivity contribution is 0.599. The van der Waals surface area contributed by atoms with Crippen molar-refractivity contribution in [1.82, 2.24) is 0 Å². The van der Waals surface area contributed by atoms with Crippen LogP contribution < -0.4 is 10.5 Å². The Bertz CT molecular complexity index is 712. The van der Waals surface area contributed by atoms with E-state index in [0.29, 0.717) is 5.69 Å². The highest BCUT2D eigenvalue weighted by Crippen LogP contribution is 2.20. The zero-order valence-electron chi connectivity index (χ0n) is 9.46. The molecule has 8 heteroatoms. The Balaban J connectivity index is 2.41. The monoisotopic (exact) mass is 316 g/mol. The molecule has 0 fully saturated rings. The number of hydrogen-bond acceptors (Lipinski definition) is 4. The van der Waals surface area contributed by atoms with E-state index >= 15 is 0 Å². The van der Waals surface area contributed by atoms with Crippen LogP contribution in [0, 0.1) is 5.82 Å². The summed E-state index contributed by atoms with van der Waals surface area (Å²) in [4.78, 5) is -0.284. The maximum atomic E-state index is 13.4. The molecule has 0 amide bonds. The lowest BCUT2D eigenvalue weighted by Gasteiger charge is -2.08. The molecule has 0 aliphatic rings. The fraction of sp³-hybridized carbons (Fsp3) is 0. The fourth-order valence-corrected chi connectivity index (χ4v) is 3.29. The lowest BCUT2D eigenvalue weighted by atomic mass is 10.2. The molecule has 1 aromatic heterocycles. The van der Waals surface area contributed by atoms with Crippen LogP contribution in [0.25, 0.3) is 0 Å². The molecule has 0 aliphatic carbocycles. The van der Waals surface area contributed by atoms with Gasteiger partial charge in [0.1, 0.15) is 10.8 Å². The van der Waals surface area contributed by atoms with Crippen molar-refractivity contribution in [1.29, 1.82) is 0 Å². The SMILES string of the molecule is NC(=S)c1cc(S(=O)(=O)Nc2ccsc2)ccc1F. The Morgan fingerprint density at radius 2 is 2.11 bits per heavy atom. The normalized spacial score (nSPS) is 11.2. The molecule has 4 nitrogen and oxygen atoms in total. The first kappa shape index (κ1) is 13.9. The molecule has 3 N–H and O–H groups in total. The molecule has 0 bridgehead atoms. The van der Waals surface area contributed by atoms with Crippen LogP contribution in [0.2, 0.25) is 0 Å². The third-order valence-electron chi connectivity index (χ3n) is 2.29. The van der Waals surface area contributed by atoms with Crippen LogP contribution in [-0.2, 0) is 10.0 Å². The molecule has 0 radical (unpaired) electrons. The highest BCUT2D eigenvalue weighted by molar-refractivity contribution is 7.92. The van der Waals surface area contributed by atoms with E-state index in [0.717, 1.165) is 18.2 Å². The summed E-state index contributed by atoms with van der Waals surface area (Å²) in [5, 5.41) is 3.39. The molecule has 0 saturated heterocycles.